The molecule has 0 bridgehead atoms. The van der Waals surface area contributed by atoms with E-state index in [1.54, 1.807) is 11.3 Å². The fourth-order valence-corrected chi connectivity index (χ4v) is 5.01. The number of nitrogens with zero attached hydrogens (tertiary/aromatic N) is 2. The van der Waals surface area contributed by atoms with Crippen LogP contribution in [0.4, 0.5) is 0 Å². The summed E-state index contributed by atoms with van der Waals surface area (Å²) in [5, 5.41) is 9.26. The summed E-state index contributed by atoms with van der Waals surface area (Å²) in [6.07, 6.45) is 5.51. The number of rotatable bonds is 8. The van der Waals surface area contributed by atoms with E-state index in [1.165, 1.54) is 29.7 Å². The van der Waals surface area contributed by atoms with Crippen molar-refractivity contribution in [3.05, 3.63) is 82.0 Å². The van der Waals surface area contributed by atoms with Crippen molar-refractivity contribution in [3.63, 3.8) is 0 Å². The highest BCUT2D eigenvalue weighted by molar-refractivity contribution is 7.12. The van der Waals surface area contributed by atoms with E-state index >= 15 is 0 Å². The number of unbranched alkanes of at least 4 members (excludes halogenated alkanes) is 3. The van der Waals surface area contributed by atoms with Crippen LogP contribution in [0.3, 0.4) is 0 Å². The number of ether oxygens (including phenoxy) is 2. The Morgan fingerprint density at radius 3 is 2.71 bits per heavy atom. The molecule has 31 heavy (non-hydrogen) atoms. The Balaban J connectivity index is 1.37. The van der Waals surface area contributed by atoms with E-state index in [9.17, 15) is 0 Å². The van der Waals surface area contributed by atoms with Crippen LogP contribution in [0, 0.1) is 0 Å². The molecule has 0 saturated carbocycles. The second-order valence-electron chi connectivity index (χ2n) is 8.11. The normalized spacial score (nSPS) is 19.4. The number of benzene rings is 2. The van der Waals surface area contributed by atoms with Crippen LogP contribution < -0.4 is 9.47 Å². The van der Waals surface area contributed by atoms with Gasteiger partial charge in [-0.3, -0.25) is 0 Å². The Kier molecular flexibility index (Phi) is 5.94. The molecule has 0 N–H and O–H groups in total. The largest absolute Gasteiger partial charge is 0.494 e. The van der Waals surface area contributed by atoms with Gasteiger partial charge in [0, 0.05) is 17.5 Å². The third-order valence-corrected chi connectivity index (χ3v) is 6.86. The predicted octanol–water partition coefficient (Wildman–Crippen LogP) is 6.95. The molecule has 2 aromatic carbocycles. The first-order valence-corrected chi connectivity index (χ1v) is 12.1. The molecule has 1 aromatic heterocycles. The number of hydrogen-bond acceptors (Lipinski definition) is 5. The van der Waals surface area contributed by atoms with Gasteiger partial charge < -0.3 is 9.47 Å². The zero-order valence-electron chi connectivity index (χ0n) is 17.9. The van der Waals surface area contributed by atoms with Crippen LogP contribution in [-0.4, -0.2) is 17.3 Å². The number of fused-ring (bicyclic) bond motifs is 3. The maximum Gasteiger partial charge on any atom is 0.213 e. The minimum Gasteiger partial charge on any atom is -0.494 e. The van der Waals surface area contributed by atoms with Gasteiger partial charge in [-0.05, 0) is 48.2 Å². The van der Waals surface area contributed by atoms with E-state index in [1.807, 2.05) is 18.2 Å². The lowest BCUT2D eigenvalue weighted by Crippen LogP contribution is -2.33. The minimum atomic E-state index is -0.240. The van der Waals surface area contributed by atoms with Gasteiger partial charge >= 0.3 is 0 Å². The summed E-state index contributed by atoms with van der Waals surface area (Å²) in [7, 11) is 0. The molecule has 5 rings (SSSR count). The van der Waals surface area contributed by atoms with E-state index in [2.05, 4.69) is 59.8 Å². The first-order valence-electron chi connectivity index (χ1n) is 11.2. The van der Waals surface area contributed by atoms with Crippen LogP contribution in [0.5, 0.6) is 11.5 Å². The van der Waals surface area contributed by atoms with Gasteiger partial charge in [0.2, 0.25) is 6.23 Å². The van der Waals surface area contributed by atoms with Gasteiger partial charge in [-0.25, -0.2) is 5.01 Å². The average molecular weight is 433 g/mol. The zero-order valence-corrected chi connectivity index (χ0v) is 18.7. The van der Waals surface area contributed by atoms with E-state index in [-0.39, 0.29) is 12.3 Å². The maximum absolute atomic E-state index is 6.44. The van der Waals surface area contributed by atoms with Gasteiger partial charge in [0.25, 0.3) is 0 Å². The molecule has 160 valence electrons. The molecule has 0 saturated heterocycles. The topological polar surface area (TPSA) is 34.1 Å². The summed E-state index contributed by atoms with van der Waals surface area (Å²) < 4.78 is 12.4. The van der Waals surface area contributed by atoms with Crippen molar-refractivity contribution in [1.82, 2.24) is 5.01 Å². The first-order chi connectivity index (χ1) is 15.3. The van der Waals surface area contributed by atoms with Crippen LogP contribution >= 0.6 is 11.3 Å². The predicted molar refractivity (Wildman–Crippen MR) is 126 cm³/mol. The molecular weight excluding hydrogens is 404 g/mol. The molecule has 0 aliphatic carbocycles. The molecule has 4 nitrogen and oxygen atoms in total. The van der Waals surface area contributed by atoms with Crippen molar-refractivity contribution in [3.8, 4) is 11.5 Å². The minimum absolute atomic E-state index is 0.196. The van der Waals surface area contributed by atoms with Crippen molar-refractivity contribution in [2.75, 3.05) is 6.61 Å². The molecule has 2 aliphatic heterocycles. The number of hydrogen-bond donors (Lipinski definition) is 0. The lowest BCUT2D eigenvalue weighted by Gasteiger charge is -2.38. The molecule has 2 aliphatic rings. The summed E-state index contributed by atoms with van der Waals surface area (Å²) in [5.74, 6) is 1.87. The van der Waals surface area contributed by atoms with E-state index in [0.717, 1.165) is 42.2 Å². The Labute approximate surface area is 188 Å². The number of hydrazone groups is 1. The lowest BCUT2D eigenvalue weighted by atomic mass is 9.98. The van der Waals surface area contributed by atoms with Crippen molar-refractivity contribution < 1.29 is 9.47 Å². The van der Waals surface area contributed by atoms with Gasteiger partial charge in [0.1, 0.15) is 11.5 Å². The quantitative estimate of drug-likeness (QED) is 0.361. The highest BCUT2D eigenvalue weighted by Crippen LogP contribution is 2.47. The molecule has 2 atom stereocenters. The standard InChI is InChI=1S/C26H28N2O2S/c1-2-3-4-7-16-29-20-14-12-19(13-15-20)26-28-23(21-9-5-6-10-24(21)30-26)18-22(27-28)25-11-8-17-31-25/h5-6,8-15,17,23,26H,2-4,7,16,18H2,1H3/t23-,26+/m1/s1. The van der Waals surface area contributed by atoms with E-state index < -0.39 is 0 Å². The first kappa shape index (κ1) is 20.1. The van der Waals surface area contributed by atoms with Crippen LogP contribution in [0.25, 0.3) is 0 Å². The van der Waals surface area contributed by atoms with Crippen LogP contribution in [0.2, 0.25) is 0 Å². The molecule has 3 aromatic rings. The lowest BCUT2D eigenvalue weighted by molar-refractivity contribution is -0.0190. The highest BCUT2D eigenvalue weighted by Gasteiger charge is 2.40. The summed E-state index contributed by atoms with van der Waals surface area (Å²) >= 11 is 1.74. The summed E-state index contributed by atoms with van der Waals surface area (Å²) in [4.78, 5) is 1.23. The van der Waals surface area contributed by atoms with Gasteiger partial charge in [0.15, 0.2) is 0 Å². The average Bonchev–Trinajstić information content (AvgIpc) is 3.49. The Morgan fingerprint density at radius 1 is 1.03 bits per heavy atom. The monoisotopic (exact) mass is 432 g/mol. The van der Waals surface area contributed by atoms with Gasteiger partial charge in [-0.15, -0.1) is 11.3 Å². The second-order valence-corrected chi connectivity index (χ2v) is 9.06. The summed E-state index contributed by atoms with van der Waals surface area (Å²) in [5.41, 5.74) is 3.44. The Morgan fingerprint density at radius 2 is 1.90 bits per heavy atom. The van der Waals surface area contributed by atoms with Gasteiger partial charge in [-0.1, -0.05) is 50.5 Å². The van der Waals surface area contributed by atoms with Gasteiger partial charge in [0.05, 0.1) is 23.2 Å². The Bertz CT molecular complexity index is 1030. The highest BCUT2D eigenvalue weighted by atomic mass is 32.1. The summed E-state index contributed by atoms with van der Waals surface area (Å²) in [6.45, 7) is 3.00. The smallest absolute Gasteiger partial charge is 0.213 e. The molecule has 0 radical (unpaired) electrons. The fraction of sp³-hybridized carbons (Fsp3) is 0.346. The molecule has 5 heteroatoms. The number of thiophene rings is 1. The van der Waals surface area contributed by atoms with Crippen molar-refractivity contribution in [2.45, 2.75) is 51.3 Å². The molecule has 0 fully saturated rings. The Hall–Kier alpha value is -2.79. The second kappa shape index (κ2) is 9.15. The van der Waals surface area contributed by atoms with Gasteiger partial charge in [-0.2, -0.15) is 5.10 Å². The molecule has 3 heterocycles. The van der Waals surface area contributed by atoms with Crippen molar-refractivity contribution in [2.24, 2.45) is 5.10 Å². The summed E-state index contributed by atoms with van der Waals surface area (Å²) in [6, 6.07) is 21.1. The zero-order chi connectivity index (χ0) is 21.0. The van der Waals surface area contributed by atoms with Crippen molar-refractivity contribution in [1.29, 1.82) is 0 Å². The third kappa shape index (κ3) is 4.19. The molecule has 0 spiro atoms. The fourth-order valence-electron chi connectivity index (χ4n) is 4.29. The molecule has 0 amide bonds. The molecule has 0 unspecified atom stereocenters. The maximum atomic E-state index is 6.44. The van der Waals surface area contributed by atoms with E-state index in [0.29, 0.717) is 0 Å². The number of para-hydroxylation sites is 1. The SMILES string of the molecule is CCCCCCOc1ccc([C@@H]2Oc3ccccc3[C@H]3CC(c4cccs4)=NN32)cc1. The van der Waals surface area contributed by atoms with Crippen LogP contribution in [0.1, 0.15) is 67.3 Å². The van der Waals surface area contributed by atoms with Crippen LogP contribution in [0.15, 0.2) is 71.1 Å². The van der Waals surface area contributed by atoms with Crippen molar-refractivity contribution >= 4 is 17.0 Å². The van der Waals surface area contributed by atoms with Crippen LogP contribution in [-0.2, 0) is 0 Å². The molecular formula is C26H28N2O2S. The van der Waals surface area contributed by atoms with E-state index in [4.69, 9.17) is 14.6 Å². The third-order valence-electron chi connectivity index (χ3n) is 5.94.